The highest BCUT2D eigenvalue weighted by Gasteiger charge is 2.30. The summed E-state index contributed by atoms with van der Waals surface area (Å²) in [7, 11) is 0. The van der Waals surface area contributed by atoms with Gasteiger partial charge in [-0.15, -0.1) is 0 Å². The minimum absolute atomic E-state index is 0.00513. The molecule has 0 aromatic carbocycles. The monoisotopic (exact) mass is 349 g/mol. The minimum atomic E-state index is -0.00513. The molecule has 0 aromatic heterocycles. The van der Waals surface area contributed by atoms with Crippen molar-refractivity contribution in [3.63, 3.8) is 0 Å². The van der Waals surface area contributed by atoms with Crippen molar-refractivity contribution in [2.75, 3.05) is 52.4 Å². The van der Waals surface area contributed by atoms with Gasteiger partial charge in [-0.3, -0.25) is 14.7 Å². The van der Waals surface area contributed by atoms with Gasteiger partial charge in [-0.25, -0.2) is 0 Å². The minimum Gasteiger partial charge on any atom is -0.357 e. The third-order valence-electron chi connectivity index (χ3n) is 5.06. The van der Waals surface area contributed by atoms with Gasteiger partial charge in [-0.2, -0.15) is 0 Å². The van der Waals surface area contributed by atoms with E-state index in [2.05, 4.69) is 41.1 Å². The Hall–Kier alpha value is -1.56. The number of carbonyl (C=O) groups is 1. The van der Waals surface area contributed by atoms with Crippen LogP contribution in [0.25, 0.3) is 0 Å². The average Bonchev–Trinajstić information content (AvgIpc) is 3.18. The van der Waals surface area contributed by atoms with E-state index in [1.54, 1.807) is 0 Å². The zero-order chi connectivity index (χ0) is 18.1. The lowest BCUT2D eigenvalue weighted by atomic mass is 10.2. The highest BCUT2D eigenvalue weighted by molar-refractivity contribution is 5.82. The number of hydrogen-bond donors (Lipinski definition) is 1. The Labute approximate surface area is 152 Å². The van der Waals surface area contributed by atoms with Crippen LogP contribution in [-0.2, 0) is 4.79 Å². The Balaban J connectivity index is 1.84. The quantitative estimate of drug-likeness (QED) is 0.342. The SMILES string of the molecule is C/C=C/CCN=C(NCC)N1CCN(C(C)C(=O)N2CCCC2)CC1. The molecule has 1 amide bonds. The normalized spacial score (nSPS) is 21.2. The summed E-state index contributed by atoms with van der Waals surface area (Å²) in [6.45, 7) is 13.5. The van der Waals surface area contributed by atoms with E-state index in [-0.39, 0.29) is 6.04 Å². The highest BCUT2D eigenvalue weighted by atomic mass is 16.2. The topological polar surface area (TPSA) is 51.2 Å². The van der Waals surface area contributed by atoms with Gasteiger partial charge in [0.05, 0.1) is 6.04 Å². The molecular formula is C19H35N5O. The fraction of sp³-hybridized carbons (Fsp3) is 0.789. The van der Waals surface area contributed by atoms with Gasteiger partial charge in [0, 0.05) is 52.4 Å². The molecule has 142 valence electrons. The van der Waals surface area contributed by atoms with Crippen LogP contribution in [0.1, 0.15) is 40.0 Å². The summed E-state index contributed by atoms with van der Waals surface area (Å²) >= 11 is 0. The van der Waals surface area contributed by atoms with Gasteiger partial charge >= 0.3 is 0 Å². The number of amides is 1. The smallest absolute Gasteiger partial charge is 0.239 e. The maximum absolute atomic E-state index is 12.6. The molecule has 0 aromatic rings. The average molecular weight is 350 g/mol. The lowest BCUT2D eigenvalue weighted by Crippen LogP contribution is -2.57. The van der Waals surface area contributed by atoms with Crippen LogP contribution < -0.4 is 5.32 Å². The van der Waals surface area contributed by atoms with Gasteiger partial charge in [0.25, 0.3) is 0 Å². The second kappa shape index (κ2) is 10.4. The van der Waals surface area contributed by atoms with Crippen LogP contribution in [0.5, 0.6) is 0 Å². The molecule has 1 unspecified atom stereocenters. The van der Waals surface area contributed by atoms with Crippen LogP contribution >= 0.6 is 0 Å². The molecule has 0 saturated carbocycles. The number of piperazine rings is 1. The zero-order valence-electron chi connectivity index (χ0n) is 16.2. The van der Waals surface area contributed by atoms with Crippen molar-refractivity contribution in [3.8, 4) is 0 Å². The van der Waals surface area contributed by atoms with Gasteiger partial charge in [0.2, 0.25) is 5.91 Å². The molecule has 0 spiro atoms. The van der Waals surface area contributed by atoms with Crippen molar-refractivity contribution in [1.82, 2.24) is 20.0 Å². The van der Waals surface area contributed by atoms with E-state index < -0.39 is 0 Å². The van der Waals surface area contributed by atoms with Crippen molar-refractivity contribution >= 4 is 11.9 Å². The number of aliphatic imine (C=N–C) groups is 1. The Kier molecular flexibility index (Phi) is 8.25. The van der Waals surface area contributed by atoms with Crippen molar-refractivity contribution < 1.29 is 4.79 Å². The first kappa shape index (κ1) is 19.8. The van der Waals surface area contributed by atoms with E-state index in [1.165, 1.54) is 0 Å². The van der Waals surface area contributed by atoms with Gasteiger partial charge < -0.3 is 15.1 Å². The summed E-state index contributed by atoms with van der Waals surface area (Å²) in [5.41, 5.74) is 0. The Bertz CT molecular complexity index is 462. The van der Waals surface area contributed by atoms with Gasteiger partial charge in [-0.05, 0) is 40.0 Å². The molecule has 1 atom stereocenters. The summed E-state index contributed by atoms with van der Waals surface area (Å²) in [6, 6.07) is -0.00513. The van der Waals surface area contributed by atoms with Crippen molar-refractivity contribution in [1.29, 1.82) is 0 Å². The molecule has 1 N–H and O–H groups in total. The van der Waals surface area contributed by atoms with E-state index in [4.69, 9.17) is 4.99 Å². The van der Waals surface area contributed by atoms with Gasteiger partial charge in [-0.1, -0.05) is 12.2 Å². The van der Waals surface area contributed by atoms with E-state index in [1.807, 2.05) is 11.8 Å². The molecule has 0 aliphatic carbocycles. The van der Waals surface area contributed by atoms with Crippen LogP contribution in [-0.4, -0.2) is 85.0 Å². The molecule has 2 rings (SSSR count). The van der Waals surface area contributed by atoms with Crippen molar-refractivity contribution in [3.05, 3.63) is 12.2 Å². The first-order valence-corrected chi connectivity index (χ1v) is 9.84. The molecule has 6 heteroatoms. The van der Waals surface area contributed by atoms with E-state index >= 15 is 0 Å². The van der Waals surface area contributed by atoms with Crippen LogP contribution in [0.3, 0.4) is 0 Å². The predicted octanol–water partition coefficient (Wildman–Crippen LogP) is 1.55. The highest BCUT2D eigenvalue weighted by Crippen LogP contribution is 2.14. The molecule has 6 nitrogen and oxygen atoms in total. The molecule has 25 heavy (non-hydrogen) atoms. The molecule has 2 saturated heterocycles. The molecule has 2 heterocycles. The van der Waals surface area contributed by atoms with Crippen LogP contribution in [0.15, 0.2) is 17.1 Å². The molecular weight excluding hydrogens is 314 g/mol. The summed E-state index contributed by atoms with van der Waals surface area (Å²) in [5, 5.41) is 3.40. The fourth-order valence-electron chi connectivity index (χ4n) is 3.52. The van der Waals surface area contributed by atoms with Gasteiger partial charge in [0.1, 0.15) is 0 Å². The Morgan fingerprint density at radius 2 is 1.80 bits per heavy atom. The maximum atomic E-state index is 12.6. The van der Waals surface area contributed by atoms with E-state index in [9.17, 15) is 4.79 Å². The Morgan fingerprint density at radius 3 is 2.40 bits per heavy atom. The lowest BCUT2D eigenvalue weighted by molar-refractivity contribution is -0.135. The number of nitrogens with one attached hydrogen (secondary N) is 1. The molecule has 2 aliphatic heterocycles. The second-order valence-electron chi connectivity index (χ2n) is 6.82. The summed E-state index contributed by atoms with van der Waals surface area (Å²) in [5.74, 6) is 1.31. The van der Waals surface area contributed by atoms with Crippen LogP contribution in [0, 0.1) is 0 Å². The van der Waals surface area contributed by atoms with Crippen molar-refractivity contribution in [2.45, 2.75) is 46.1 Å². The number of nitrogens with zero attached hydrogens (tertiary/aromatic N) is 4. The van der Waals surface area contributed by atoms with Crippen molar-refractivity contribution in [2.24, 2.45) is 4.99 Å². The first-order valence-electron chi connectivity index (χ1n) is 9.84. The number of guanidine groups is 1. The summed E-state index contributed by atoms with van der Waals surface area (Å²) < 4.78 is 0. The zero-order valence-corrected chi connectivity index (χ0v) is 16.2. The standard InChI is InChI=1S/C19H35N5O/c1-4-6-7-10-21-19(20-5-2)24-15-13-22(14-16-24)17(3)18(25)23-11-8-9-12-23/h4,6,17H,5,7-16H2,1-3H3,(H,20,21)/b6-4+. The third-order valence-corrected chi connectivity index (χ3v) is 5.06. The third kappa shape index (κ3) is 5.73. The number of allylic oxidation sites excluding steroid dienone is 1. The maximum Gasteiger partial charge on any atom is 0.239 e. The number of rotatable bonds is 6. The molecule has 0 radical (unpaired) electrons. The van der Waals surface area contributed by atoms with E-state index in [0.29, 0.717) is 5.91 Å². The largest absolute Gasteiger partial charge is 0.357 e. The summed E-state index contributed by atoms with van der Waals surface area (Å²) in [6.07, 6.45) is 7.51. The molecule has 2 fully saturated rings. The predicted molar refractivity (Wildman–Crippen MR) is 104 cm³/mol. The Morgan fingerprint density at radius 1 is 1.12 bits per heavy atom. The van der Waals surface area contributed by atoms with Crippen LogP contribution in [0.2, 0.25) is 0 Å². The van der Waals surface area contributed by atoms with Crippen LogP contribution in [0.4, 0.5) is 0 Å². The summed E-state index contributed by atoms with van der Waals surface area (Å²) in [4.78, 5) is 24.0. The number of likely N-dealkylation sites (tertiary alicyclic amines) is 1. The number of carbonyl (C=O) groups excluding carboxylic acids is 1. The first-order chi connectivity index (χ1) is 12.2. The lowest BCUT2D eigenvalue weighted by Gasteiger charge is -2.39. The fourth-order valence-corrected chi connectivity index (χ4v) is 3.52. The van der Waals surface area contributed by atoms with Gasteiger partial charge in [0.15, 0.2) is 5.96 Å². The van der Waals surface area contributed by atoms with E-state index in [0.717, 1.165) is 77.6 Å². The number of hydrogen-bond acceptors (Lipinski definition) is 3. The molecule has 0 bridgehead atoms. The second-order valence-corrected chi connectivity index (χ2v) is 6.82. The molecule has 2 aliphatic rings.